The zero-order valence-corrected chi connectivity index (χ0v) is 17.8. The summed E-state index contributed by atoms with van der Waals surface area (Å²) in [5, 5.41) is 26.2. The van der Waals surface area contributed by atoms with Crippen molar-refractivity contribution in [3.8, 4) is 11.9 Å². The van der Waals surface area contributed by atoms with Gasteiger partial charge in [0.2, 0.25) is 11.8 Å². The summed E-state index contributed by atoms with van der Waals surface area (Å²) in [6.07, 6.45) is 6.18. The molecule has 0 aromatic carbocycles. The highest BCUT2D eigenvalue weighted by Gasteiger charge is 2.29. The van der Waals surface area contributed by atoms with Gasteiger partial charge < -0.3 is 15.3 Å². The van der Waals surface area contributed by atoms with E-state index in [1.807, 2.05) is 19.9 Å². The molecule has 0 aliphatic heterocycles. The summed E-state index contributed by atoms with van der Waals surface area (Å²) in [5.41, 5.74) is -0.206. The molecule has 2 aromatic rings. The van der Waals surface area contributed by atoms with E-state index in [0.717, 1.165) is 17.4 Å². The highest BCUT2D eigenvalue weighted by molar-refractivity contribution is 5.97. The van der Waals surface area contributed by atoms with Crippen LogP contribution in [-0.4, -0.2) is 55.6 Å². The van der Waals surface area contributed by atoms with Gasteiger partial charge in [0.15, 0.2) is 5.56 Å². The molecule has 2 N–H and O–H groups in total. The molecule has 1 fully saturated rings. The molecule has 0 saturated heterocycles. The lowest BCUT2D eigenvalue weighted by Crippen LogP contribution is -2.36. The van der Waals surface area contributed by atoms with Crippen LogP contribution in [0.15, 0.2) is 17.1 Å². The standard InChI is InChI=1S/C21H26N6O4/c1-13(2)12-26-19-14(5-8-16(28)25(3)10-4-9-22)11-23-27(19)21(31)17(20(26)30)18(29)24-15-6-7-15/h5,8,11,13,15,31H,4,6-7,10,12H2,1-3H3,(H,24,29)/b8-5+. The highest BCUT2D eigenvalue weighted by atomic mass is 16.3. The fourth-order valence-corrected chi connectivity index (χ4v) is 3.16. The van der Waals surface area contributed by atoms with E-state index in [1.54, 1.807) is 7.05 Å². The number of likely N-dealkylation sites (N-methyl/N-ethyl adjacent to an activating group) is 1. The van der Waals surface area contributed by atoms with E-state index >= 15 is 0 Å². The Morgan fingerprint density at radius 3 is 2.77 bits per heavy atom. The molecule has 2 amide bonds. The number of carbonyl (C=O) groups is 2. The van der Waals surface area contributed by atoms with Gasteiger partial charge in [-0.25, -0.2) is 0 Å². The largest absolute Gasteiger partial charge is 0.492 e. The second-order valence-electron chi connectivity index (χ2n) is 8.09. The maximum absolute atomic E-state index is 13.2. The molecule has 1 saturated carbocycles. The molecule has 10 nitrogen and oxygen atoms in total. The molecule has 2 heterocycles. The highest BCUT2D eigenvalue weighted by Crippen LogP contribution is 2.23. The maximum Gasteiger partial charge on any atom is 0.270 e. The number of fused-ring (bicyclic) bond motifs is 1. The van der Waals surface area contributed by atoms with Crippen LogP contribution in [0.3, 0.4) is 0 Å². The van der Waals surface area contributed by atoms with Crippen LogP contribution in [0.5, 0.6) is 5.88 Å². The van der Waals surface area contributed by atoms with E-state index in [0.29, 0.717) is 24.3 Å². The zero-order chi connectivity index (χ0) is 22.7. The predicted molar refractivity (Wildman–Crippen MR) is 113 cm³/mol. The molecule has 1 aliphatic carbocycles. The summed E-state index contributed by atoms with van der Waals surface area (Å²) < 4.78 is 2.55. The van der Waals surface area contributed by atoms with Crippen LogP contribution >= 0.6 is 0 Å². The number of aromatic hydroxyl groups is 1. The Hall–Kier alpha value is -3.61. The van der Waals surface area contributed by atoms with E-state index in [-0.39, 0.29) is 29.9 Å². The van der Waals surface area contributed by atoms with Crippen LogP contribution in [0.2, 0.25) is 0 Å². The summed E-state index contributed by atoms with van der Waals surface area (Å²) in [6.45, 7) is 4.46. The lowest BCUT2D eigenvalue weighted by molar-refractivity contribution is -0.124. The van der Waals surface area contributed by atoms with Gasteiger partial charge in [0.1, 0.15) is 5.65 Å². The number of hydrogen-bond donors (Lipinski definition) is 2. The van der Waals surface area contributed by atoms with Gasteiger partial charge in [-0.15, -0.1) is 0 Å². The molecule has 1 aliphatic rings. The van der Waals surface area contributed by atoms with Crippen molar-refractivity contribution in [2.24, 2.45) is 5.92 Å². The Morgan fingerprint density at radius 2 is 2.16 bits per heavy atom. The van der Waals surface area contributed by atoms with E-state index in [1.165, 1.54) is 27.8 Å². The van der Waals surface area contributed by atoms with Gasteiger partial charge in [0.25, 0.3) is 11.5 Å². The average Bonchev–Trinajstić information content (AvgIpc) is 3.42. The minimum absolute atomic E-state index is 0.0284. The summed E-state index contributed by atoms with van der Waals surface area (Å²) in [6, 6.07) is 2.01. The van der Waals surface area contributed by atoms with Gasteiger partial charge >= 0.3 is 0 Å². The van der Waals surface area contributed by atoms with Crippen molar-refractivity contribution in [2.45, 2.75) is 45.7 Å². The summed E-state index contributed by atoms with van der Waals surface area (Å²) in [7, 11) is 1.59. The third kappa shape index (κ3) is 4.77. The SMILES string of the molecule is CC(C)Cn1c(=O)c(C(=O)NC2CC2)c(O)n2ncc(/C=C/C(=O)N(C)CCC#N)c12. The molecule has 0 radical (unpaired) electrons. The number of amides is 2. The zero-order valence-electron chi connectivity index (χ0n) is 17.8. The van der Waals surface area contributed by atoms with E-state index < -0.39 is 17.3 Å². The van der Waals surface area contributed by atoms with Crippen LogP contribution < -0.4 is 10.9 Å². The average molecular weight is 426 g/mol. The smallest absolute Gasteiger partial charge is 0.270 e. The Kier molecular flexibility index (Phi) is 6.44. The van der Waals surface area contributed by atoms with Crippen LogP contribution in [0.1, 0.15) is 49.0 Å². The number of hydrogen-bond acceptors (Lipinski definition) is 6. The molecule has 31 heavy (non-hydrogen) atoms. The fourth-order valence-electron chi connectivity index (χ4n) is 3.16. The monoisotopic (exact) mass is 426 g/mol. The molecule has 3 rings (SSSR count). The van der Waals surface area contributed by atoms with E-state index in [4.69, 9.17) is 5.26 Å². The molecule has 2 aromatic heterocycles. The Balaban J connectivity index is 2.06. The van der Waals surface area contributed by atoms with Crippen LogP contribution in [0.25, 0.3) is 11.7 Å². The molecule has 0 spiro atoms. The third-order valence-electron chi connectivity index (χ3n) is 4.94. The number of carbonyl (C=O) groups excluding carboxylic acids is 2. The van der Waals surface area contributed by atoms with Crippen molar-refractivity contribution in [3.05, 3.63) is 33.8 Å². The molecule has 0 atom stereocenters. The normalized spacial score (nSPS) is 13.6. The van der Waals surface area contributed by atoms with Crippen LogP contribution in [0, 0.1) is 17.2 Å². The molecule has 164 valence electrons. The van der Waals surface area contributed by atoms with Crippen LogP contribution in [-0.2, 0) is 11.3 Å². The molecular formula is C21H26N6O4. The topological polar surface area (TPSA) is 133 Å². The first-order valence-electron chi connectivity index (χ1n) is 10.2. The van der Waals surface area contributed by atoms with Gasteiger partial charge in [-0.2, -0.15) is 14.9 Å². The predicted octanol–water partition coefficient (Wildman–Crippen LogP) is 1.14. The van der Waals surface area contributed by atoms with Crippen molar-refractivity contribution in [3.63, 3.8) is 0 Å². The number of rotatable bonds is 8. The van der Waals surface area contributed by atoms with Crippen molar-refractivity contribution in [2.75, 3.05) is 13.6 Å². The van der Waals surface area contributed by atoms with Crippen molar-refractivity contribution >= 4 is 23.5 Å². The van der Waals surface area contributed by atoms with Crippen molar-refractivity contribution in [1.29, 1.82) is 5.26 Å². The third-order valence-corrected chi connectivity index (χ3v) is 4.94. The second-order valence-corrected chi connectivity index (χ2v) is 8.09. The first kappa shape index (κ1) is 22.1. The Bertz CT molecular complexity index is 1130. The molecular weight excluding hydrogens is 400 g/mol. The fraction of sp³-hybridized carbons (Fsp3) is 0.476. The van der Waals surface area contributed by atoms with Gasteiger partial charge in [-0.05, 0) is 24.8 Å². The number of nitrogens with one attached hydrogen (secondary N) is 1. The van der Waals surface area contributed by atoms with Gasteiger partial charge in [0.05, 0.1) is 18.7 Å². The molecule has 10 heteroatoms. The quantitative estimate of drug-likeness (QED) is 0.608. The second kappa shape index (κ2) is 9.04. The molecule has 0 unspecified atom stereocenters. The minimum Gasteiger partial charge on any atom is -0.492 e. The first-order chi connectivity index (χ1) is 14.7. The van der Waals surface area contributed by atoms with Gasteiger partial charge in [0, 0.05) is 37.8 Å². The minimum atomic E-state index is -0.619. The number of nitrogens with zero attached hydrogens (tertiary/aromatic N) is 5. The first-order valence-corrected chi connectivity index (χ1v) is 10.2. The Labute approximate surface area is 179 Å². The van der Waals surface area contributed by atoms with E-state index in [9.17, 15) is 19.5 Å². The lowest BCUT2D eigenvalue weighted by Gasteiger charge is -2.15. The maximum atomic E-state index is 13.2. The number of nitriles is 1. The van der Waals surface area contributed by atoms with Crippen LogP contribution in [0.4, 0.5) is 0 Å². The van der Waals surface area contributed by atoms with E-state index in [2.05, 4.69) is 10.4 Å². The van der Waals surface area contributed by atoms with Crippen molar-refractivity contribution < 1.29 is 14.7 Å². The van der Waals surface area contributed by atoms with Crippen molar-refractivity contribution in [1.82, 2.24) is 24.4 Å². The molecule has 0 bridgehead atoms. The lowest BCUT2D eigenvalue weighted by atomic mass is 10.2. The Morgan fingerprint density at radius 1 is 1.45 bits per heavy atom. The van der Waals surface area contributed by atoms with Gasteiger partial charge in [-0.3, -0.25) is 19.0 Å². The summed E-state index contributed by atoms with van der Waals surface area (Å²) >= 11 is 0. The summed E-state index contributed by atoms with van der Waals surface area (Å²) in [4.78, 5) is 39.4. The van der Waals surface area contributed by atoms with Gasteiger partial charge in [-0.1, -0.05) is 13.8 Å². The summed E-state index contributed by atoms with van der Waals surface area (Å²) in [5.74, 6) is -1.38. The number of aromatic nitrogens is 3.